The van der Waals surface area contributed by atoms with Crippen molar-refractivity contribution in [1.29, 1.82) is 0 Å². The number of thiazole rings is 1. The first-order valence-electron chi connectivity index (χ1n) is 4.97. The van der Waals surface area contributed by atoms with Gasteiger partial charge in [0.25, 0.3) is 0 Å². The van der Waals surface area contributed by atoms with Gasteiger partial charge in [-0.25, -0.2) is 4.98 Å². The summed E-state index contributed by atoms with van der Waals surface area (Å²) in [5, 5.41) is 3.10. The van der Waals surface area contributed by atoms with Crippen molar-refractivity contribution in [1.82, 2.24) is 4.98 Å². The molecule has 0 fully saturated rings. The lowest BCUT2D eigenvalue weighted by molar-refractivity contribution is 0.991. The van der Waals surface area contributed by atoms with Gasteiger partial charge < -0.3 is 5.73 Å². The minimum absolute atomic E-state index is 0.540. The SMILES string of the molecule is Cc1ccccc1Cc1csc(CN)n1. The summed E-state index contributed by atoms with van der Waals surface area (Å²) in [6.07, 6.45) is 0.906. The zero-order valence-electron chi connectivity index (χ0n) is 8.73. The van der Waals surface area contributed by atoms with Crippen molar-refractivity contribution < 1.29 is 0 Å². The predicted molar refractivity (Wildman–Crippen MR) is 64.0 cm³/mol. The Hall–Kier alpha value is -1.19. The van der Waals surface area contributed by atoms with Crippen LogP contribution in [0.25, 0.3) is 0 Å². The van der Waals surface area contributed by atoms with Gasteiger partial charge in [-0.05, 0) is 18.1 Å². The Labute approximate surface area is 93.8 Å². The highest BCUT2D eigenvalue weighted by atomic mass is 32.1. The number of hydrogen-bond acceptors (Lipinski definition) is 3. The van der Waals surface area contributed by atoms with E-state index < -0.39 is 0 Å². The van der Waals surface area contributed by atoms with Gasteiger partial charge in [0, 0.05) is 18.3 Å². The number of benzene rings is 1. The summed E-state index contributed by atoms with van der Waals surface area (Å²) in [7, 11) is 0. The Balaban J connectivity index is 2.18. The van der Waals surface area contributed by atoms with Crippen LogP contribution in [0.4, 0.5) is 0 Å². The van der Waals surface area contributed by atoms with Gasteiger partial charge in [-0.15, -0.1) is 11.3 Å². The van der Waals surface area contributed by atoms with Gasteiger partial charge in [0.05, 0.1) is 5.69 Å². The van der Waals surface area contributed by atoms with Crippen molar-refractivity contribution in [2.24, 2.45) is 5.73 Å². The van der Waals surface area contributed by atoms with Crippen molar-refractivity contribution in [3.05, 3.63) is 51.5 Å². The number of nitrogens with two attached hydrogens (primary N) is 1. The highest BCUT2D eigenvalue weighted by Crippen LogP contribution is 2.15. The van der Waals surface area contributed by atoms with E-state index in [0.29, 0.717) is 6.54 Å². The maximum atomic E-state index is 5.53. The van der Waals surface area contributed by atoms with Crippen molar-refractivity contribution >= 4 is 11.3 Å². The summed E-state index contributed by atoms with van der Waals surface area (Å²) in [5.41, 5.74) is 9.31. The molecule has 0 spiro atoms. The average Bonchev–Trinajstić information content (AvgIpc) is 2.69. The van der Waals surface area contributed by atoms with Gasteiger partial charge in [0.2, 0.25) is 0 Å². The van der Waals surface area contributed by atoms with Gasteiger partial charge in [0.1, 0.15) is 5.01 Å². The molecule has 1 heterocycles. The monoisotopic (exact) mass is 218 g/mol. The number of hydrogen-bond donors (Lipinski definition) is 1. The Kier molecular flexibility index (Phi) is 3.14. The summed E-state index contributed by atoms with van der Waals surface area (Å²) in [6, 6.07) is 8.41. The van der Waals surface area contributed by atoms with Crippen molar-refractivity contribution in [3.8, 4) is 0 Å². The van der Waals surface area contributed by atoms with Gasteiger partial charge >= 0.3 is 0 Å². The molecule has 1 aromatic heterocycles. The highest BCUT2D eigenvalue weighted by molar-refractivity contribution is 7.09. The van der Waals surface area contributed by atoms with E-state index >= 15 is 0 Å². The number of rotatable bonds is 3. The third kappa shape index (κ3) is 2.43. The molecular weight excluding hydrogens is 204 g/mol. The fourth-order valence-electron chi connectivity index (χ4n) is 1.53. The third-order valence-electron chi connectivity index (χ3n) is 2.41. The molecule has 0 atom stereocenters. The number of aryl methyl sites for hydroxylation is 1. The molecule has 0 aliphatic carbocycles. The zero-order valence-corrected chi connectivity index (χ0v) is 9.55. The molecular formula is C12H14N2S. The van der Waals surface area contributed by atoms with Crippen LogP contribution in [0.2, 0.25) is 0 Å². The van der Waals surface area contributed by atoms with E-state index in [1.54, 1.807) is 11.3 Å². The number of nitrogens with zero attached hydrogens (tertiary/aromatic N) is 1. The van der Waals surface area contributed by atoms with E-state index in [9.17, 15) is 0 Å². The van der Waals surface area contributed by atoms with Gasteiger partial charge in [-0.3, -0.25) is 0 Å². The molecule has 0 amide bonds. The van der Waals surface area contributed by atoms with E-state index in [-0.39, 0.29) is 0 Å². The summed E-state index contributed by atoms with van der Waals surface area (Å²) in [4.78, 5) is 4.46. The van der Waals surface area contributed by atoms with E-state index in [2.05, 4.69) is 41.6 Å². The van der Waals surface area contributed by atoms with Crippen LogP contribution in [0.1, 0.15) is 21.8 Å². The van der Waals surface area contributed by atoms with E-state index in [1.165, 1.54) is 11.1 Å². The molecule has 0 saturated carbocycles. The molecule has 0 radical (unpaired) electrons. The van der Waals surface area contributed by atoms with E-state index in [1.807, 2.05) is 0 Å². The Morgan fingerprint density at radius 2 is 2.13 bits per heavy atom. The molecule has 2 rings (SSSR count). The molecule has 2 N–H and O–H groups in total. The molecule has 0 bridgehead atoms. The molecule has 0 aliphatic rings. The van der Waals surface area contributed by atoms with E-state index in [4.69, 9.17) is 5.73 Å². The number of aromatic nitrogens is 1. The first-order valence-corrected chi connectivity index (χ1v) is 5.85. The van der Waals surface area contributed by atoms with Crippen LogP contribution in [-0.2, 0) is 13.0 Å². The van der Waals surface area contributed by atoms with Crippen LogP contribution >= 0.6 is 11.3 Å². The maximum Gasteiger partial charge on any atom is 0.106 e. The lowest BCUT2D eigenvalue weighted by atomic mass is 10.1. The van der Waals surface area contributed by atoms with E-state index in [0.717, 1.165) is 17.1 Å². The average molecular weight is 218 g/mol. The second kappa shape index (κ2) is 4.55. The van der Waals surface area contributed by atoms with Gasteiger partial charge in [-0.1, -0.05) is 24.3 Å². The molecule has 0 saturated heterocycles. The quantitative estimate of drug-likeness (QED) is 0.859. The minimum Gasteiger partial charge on any atom is -0.325 e. The van der Waals surface area contributed by atoms with Gasteiger partial charge in [-0.2, -0.15) is 0 Å². The minimum atomic E-state index is 0.540. The Morgan fingerprint density at radius 3 is 2.80 bits per heavy atom. The molecule has 1 aromatic carbocycles. The second-order valence-electron chi connectivity index (χ2n) is 3.54. The van der Waals surface area contributed by atoms with Crippen molar-refractivity contribution in [2.75, 3.05) is 0 Å². The lowest BCUT2D eigenvalue weighted by Gasteiger charge is -2.02. The first kappa shape index (κ1) is 10.3. The van der Waals surface area contributed by atoms with Crippen molar-refractivity contribution in [2.45, 2.75) is 19.9 Å². The zero-order chi connectivity index (χ0) is 10.7. The Morgan fingerprint density at radius 1 is 1.33 bits per heavy atom. The fraction of sp³-hybridized carbons (Fsp3) is 0.250. The molecule has 0 unspecified atom stereocenters. The summed E-state index contributed by atoms with van der Waals surface area (Å²) in [6.45, 7) is 2.67. The van der Waals surface area contributed by atoms with Crippen LogP contribution in [0.3, 0.4) is 0 Å². The normalized spacial score (nSPS) is 10.5. The largest absolute Gasteiger partial charge is 0.325 e. The smallest absolute Gasteiger partial charge is 0.106 e. The van der Waals surface area contributed by atoms with Crippen LogP contribution in [0.15, 0.2) is 29.6 Å². The molecule has 15 heavy (non-hydrogen) atoms. The summed E-state index contributed by atoms with van der Waals surface area (Å²) < 4.78 is 0. The fourth-order valence-corrected chi connectivity index (χ4v) is 2.20. The molecule has 2 nitrogen and oxygen atoms in total. The molecule has 0 aliphatic heterocycles. The third-order valence-corrected chi connectivity index (χ3v) is 3.33. The molecule has 2 aromatic rings. The summed E-state index contributed by atoms with van der Waals surface area (Å²) >= 11 is 1.64. The first-order chi connectivity index (χ1) is 7.29. The molecule has 78 valence electrons. The second-order valence-corrected chi connectivity index (χ2v) is 4.48. The maximum absolute atomic E-state index is 5.53. The summed E-state index contributed by atoms with van der Waals surface area (Å²) in [5.74, 6) is 0. The van der Waals surface area contributed by atoms with Crippen LogP contribution in [-0.4, -0.2) is 4.98 Å². The Bertz CT molecular complexity index is 448. The van der Waals surface area contributed by atoms with Crippen LogP contribution < -0.4 is 5.73 Å². The lowest BCUT2D eigenvalue weighted by Crippen LogP contribution is -1.96. The molecule has 3 heteroatoms. The van der Waals surface area contributed by atoms with Gasteiger partial charge in [0.15, 0.2) is 0 Å². The highest BCUT2D eigenvalue weighted by Gasteiger charge is 2.03. The predicted octanol–water partition coefficient (Wildman–Crippen LogP) is 2.50. The standard InChI is InChI=1S/C12H14N2S/c1-9-4-2-3-5-10(9)6-11-8-15-12(7-13)14-11/h2-5,8H,6-7,13H2,1H3. The topological polar surface area (TPSA) is 38.9 Å². The van der Waals surface area contributed by atoms with Crippen LogP contribution in [0.5, 0.6) is 0 Å². The van der Waals surface area contributed by atoms with Crippen LogP contribution in [0, 0.1) is 6.92 Å². The van der Waals surface area contributed by atoms with Crippen molar-refractivity contribution in [3.63, 3.8) is 0 Å².